The van der Waals surface area contributed by atoms with Gasteiger partial charge in [0.2, 0.25) is 0 Å². The second kappa shape index (κ2) is 24.7. The lowest BCUT2D eigenvalue weighted by Crippen LogP contribution is -2.15. The summed E-state index contributed by atoms with van der Waals surface area (Å²) in [5.41, 5.74) is 0. The largest absolute Gasteiger partial charge is 0.481 e. The summed E-state index contributed by atoms with van der Waals surface area (Å²) in [4.78, 5) is 10.4. The quantitative estimate of drug-likeness (QED) is 0.146. The first-order valence-corrected chi connectivity index (χ1v) is 13.1. The Bertz CT molecular complexity index is 346. The zero-order valence-electron chi connectivity index (χ0n) is 20.1. The van der Waals surface area contributed by atoms with Gasteiger partial charge in [0.15, 0.2) is 0 Å². The second-order valence-electron chi connectivity index (χ2n) is 9.03. The monoisotopic (exact) mass is 428 g/mol. The number of carbonyl (C=O) groups is 1. The predicted octanol–water partition coefficient (Wildman–Crippen LogP) is 7.66. The van der Waals surface area contributed by atoms with Gasteiger partial charge in [0.1, 0.15) is 0 Å². The van der Waals surface area contributed by atoms with Crippen LogP contribution in [0.15, 0.2) is 0 Å². The van der Waals surface area contributed by atoms with Gasteiger partial charge in [-0.15, -0.1) is 0 Å². The van der Waals surface area contributed by atoms with Crippen molar-refractivity contribution < 1.29 is 19.7 Å². The average Bonchev–Trinajstić information content (AvgIpc) is 2.72. The molecule has 0 aliphatic carbocycles. The van der Waals surface area contributed by atoms with Crippen molar-refractivity contribution in [2.24, 2.45) is 0 Å². The first kappa shape index (κ1) is 29.4. The third-order valence-electron chi connectivity index (χ3n) is 5.88. The fraction of sp³-hybridized carbons (Fsp3) is 0.962. The first-order valence-electron chi connectivity index (χ1n) is 13.1. The molecule has 4 heteroatoms. The summed E-state index contributed by atoms with van der Waals surface area (Å²) in [7, 11) is 0. The molecule has 0 heterocycles. The van der Waals surface area contributed by atoms with E-state index in [4.69, 9.17) is 9.84 Å². The van der Waals surface area contributed by atoms with Crippen molar-refractivity contribution in [2.45, 2.75) is 148 Å². The minimum absolute atomic E-state index is 0.134. The molecule has 0 fully saturated rings. The number of rotatable bonds is 25. The van der Waals surface area contributed by atoms with Crippen molar-refractivity contribution >= 4 is 5.97 Å². The number of ether oxygens (including phenoxy) is 1. The molecular formula is C26H52O4. The SMILES string of the molecule is CCCCCCCCCCCCCCCCCCCCC(O)COCCCC(=O)O. The van der Waals surface area contributed by atoms with Gasteiger partial charge in [0.05, 0.1) is 12.7 Å². The Balaban J connectivity index is 3.11. The minimum atomic E-state index is -0.794. The van der Waals surface area contributed by atoms with Crippen molar-refractivity contribution in [1.29, 1.82) is 0 Å². The number of carboxylic acids is 1. The van der Waals surface area contributed by atoms with Gasteiger partial charge in [-0.3, -0.25) is 4.79 Å². The summed E-state index contributed by atoms with van der Waals surface area (Å²) in [6.45, 7) is 3.03. The van der Waals surface area contributed by atoms with Crippen molar-refractivity contribution in [1.82, 2.24) is 0 Å². The average molecular weight is 429 g/mol. The highest BCUT2D eigenvalue weighted by atomic mass is 16.5. The number of aliphatic hydroxyl groups is 1. The molecule has 0 aromatic carbocycles. The summed E-state index contributed by atoms with van der Waals surface area (Å²) in [6, 6.07) is 0. The van der Waals surface area contributed by atoms with E-state index in [0.717, 1.165) is 12.8 Å². The third kappa shape index (κ3) is 25.4. The maximum Gasteiger partial charge on any atom is 0.303 e. The minimum Gasteiger partial charge on any atom is -0.481 e. The molecule has 0 aliphatic heterocycles. The fourth-order valence-electron chi connectivity index (χ4n) is 3.91. The molecule has 0 radical (unpaired) electrons. The molecule has 0 aromatic rings. The van der Waals surface area contributed by atoms with E-state index in [2.05, 4.69) is 6.92 Å². The normalized spacial score (nSPS) is 12.3. The van der Waals surface area contributed by atoms with Crippen LogP contribution in [-0.2, 0) is 9.53 Å². The van der Waals surface area contributed by atoms with Crippen LogP contribution in [0.25, 0.3) is 0 Å². The molecule has 0 saturated heterocycles. The van der Waals surface area contributed by atoms with Gasteiger partial charge < -0.3 is 14.9 Å². The topological polar surface area (TPSA) is 66.8 Å². The van der Waals surface area contributed by atoms with Gasteiger partial charge in [0, 0.05) is 13.0 Å². The molecule has 0 saturated carbocycles. The Morgan fingerprint density at radius 3 is 1.47 bits per heavy atom. The maximum atomic E-state index is 10.4. The Morgan fingerprint density at radius 2 is 1.07 bits per heavy atom. The van der Waals surface area contributed by atoms with Gasteiger partial charge in [-0.1, -0.05) is 122 Å². The molecule has 0 spiro atoms. The Kier molecular flexibility index (Phi) is 24.2. The number of unbranched alkanes of at least 4 members (excludes halogenated alkanes) is 17. The molecule has 0 bridgehead atoms. The third-order valence-corrected chi connectivity index (χ3v) is 5.88. The molecule has 0 rings (SSSR count). The molecule has 0 aromatic heterocycles. The number of aliphatic hydroxyl groups excluding tert-OH is 1. The van der Waals surface area contributed by atoms with Crippen molar-refractivity contribution in [3.63, 3.8) is 0 Å². The van der Waals surface area contributed by atoms with Crippen molar-refractivity contribution in [2.75, 3.05) is 13.2 Å². The van der Waals surface area contributed by atoms with Crippen LogP contribution in [0.2, 0.25) is 0 Å². The van der Waals surface area contributed by atoms with E-state index in [1.807, 2.05) is 0 Å². The van der Waals surface area contributed by atoms with Gasteiger partial charge in [-0.2, -0.15) is 0 Å². The summed E-state index contributed by atoms with van der Waals surface area (Å²) < 4.78 is 5.32. The van der Waals surface area contributed by atoms with E-state index < -0.39 is 12.1 Å². The van der Waals surface area contributed by atoms with Crippen molar-refractivity contribution in [3.05, 3.63) is 0 Å². The van der Waals surface area contributed by atoms with E-state index in [1.54, 1.807) is 0 Å². The molecule has 0 amide bonds. The van der Waals surface area contributed by atoms with Crippen LogP contribution in [0.5, 0.6) is 0 Å². The number of hydrogen-bond acceptors (Lipinski definition) is 3. The van der Waals surface area contributed by atoms with E-state index in [9.17, 15) is 9.90 Å². The van der Waals surface area contributed by atoms with Gasteiger partial charge in [-0.05, 0) is 12.8 Å². The molecule has 30 heavy (non-hydrogen) atoms. The van der Waals surface area contributed by atoms with Crippen LogP contribution in [0.4, 0.5) is 0 Å². The highest BCUT2D eigenvalue weighted by molar-refractivity contribution is 5.66. The summed E-state index contributed by atoms with van der Waals surface area (Å²) in [5.74, 6) is -0.794. The number of aliphatic carboxylic acids is 1. The highest BCUT2D eigenvalue weighted by Gasteiger charge is 2.04. The summed E-state index contributed by atoms with van der Waals surface area (Å²) in [5, 5.41) is 18.4. The predicted molar refractivity (Wildman–Crippen MR) is 127 cm³/mol. The van der Waals surface area contributed by atoms with E-state index in [0.29, 0.717) is 19.6 Å². The van der Waals surface area contributed by atoms with Crippen LogP contribution in [0.1, 0.15) is 142 Å². The molecule has 1 atom stereocenters. The van der Waals surface area contributed by atoms with Crippen LogP contribution >= 0.6 is 0 Å². The van der Waals surface area contributed by atoms with Crippen molar-refractivity contribution in [3.8, 4) is 0 Å². The molecular weight excluding hydrogens is 376 g/mol. The summed E-state index contributed by atoms with van der Waals surface area (Å²) in [6.07, 6.45) is 25.7. The zero-order chi connectivity index (χ0) is 22.1. The zero-order valence-corrected chi connectivity index (χ0v) is 20.1. The van der Waals surface area contributed by atoms with E-state index in [-0.39, 0.29) is 6.42 Å². The highest BCUT2D eigenvalue weighted by Crippen LogP contribution is 2.14. The van der Waals surface area contributed by atoms with Crippen LogP contribution in [0, 0.1) is 0 Å². The standard InChI is InChI=1S/C26H52O4/c1-2-3-4-5-6-7-8-9-10-11-12-13-14-15-16-17-18-19-21-25(27)24-30-23-20-22-26(28)29/h25,27H,2-24H2,1H3,(H,28,29). The summed E-state index contributed by atoms with van der Waals surface area (Å²) >= 11 is 0. The molecule has 2 N–H and O–H groups in total. The molecule has 1 unspecified atom stereocenters. The van der Waals surface area contributed by atoms with Gasteiger partial charge in [-0.25, -0.2) is 0 Å². The second-order valence-corrected chi connectivity index (χ2v) is 9.03. The lowest BCUT2D eigenvalue weighted by Gasteiger charge is -2.10. The lowest BCUT2D eigenvalue weighted by molar-refractivity contribution is -0.137. The van der Waals surface area contributed by atoms with Crippen LogP contribution < -0.4 is 0 Å². The first-order chi connectivity index (χ1) is 14.7. The van der Waals surface area contributed by atoms with E-state index >= 15 is 0 Å². The number of hydrogen-bond donors (Lipinski definition) is 2. The smallest absolute Gasteiger partial charge is 0.303 e. The Hall–Kier alpha value is -0.610. The Labute approximate surface area is 187 Å². The fourth-order valence-corrected chi connectivity index (χ4v) is 3.91. The van der Waals surface area contributed by atoms with Crippen LogP contribution in [-0.4, -0.2) is 35.5 Å². The molecule has 4 nitrogen and oxygen atoms in total. The maximum absolute atomic E-state index is 10.4. The lowest BCUT2D eigenvalue weighted by atomic mass is 10.0. The Morgan fingerprint density at radius 1 is 0.667 bits per heavy atom. The van der Waals surface area contributed by atoms with Crippen LogP contribution in [0.3, 0.4) is 0 Å². The van der Waals surface area contributed by atoms with Gasteiger partial charge >= 0.3 is 5.97 Å². The van der Waals surface area contributed by atoms with E-state index in [1.165, 1.54) is 109 Å². The molecule has 180 valence electrons. The number of carboxylic acid groups (broad SMARTS) is 1. The van der Waals surface area contributed by atoms with Gasteiger partial charge in [0.25, 0.3) is 0 Å². The molecule has 0 aliphatic rings.